The van der Waals surface area contributed by atoms with E-state index in [0.717, 1.165) is 5.56 Å². The molecule has 0 saturated carbocycles. The molecular weight excluding hydrogens is 320 g/mol. The number of hydrogen-bond acceptors (Lipinski definition) is 3. The minimum absolute atomic E-state index is 0.0156. The van der Waals surface area contributed by atoms with Crippen molar-refractivity contribution in [2.45, 2.75) is 26.3 Å². The van der Waals surface area contributed by atoms with Gasteiger partial charge in [0.1, 0.15) is 0 Å². The van der Waals surface area contributed by atoms with Crippen LogP contribution in [-0.4, -0.2) is 60.4 Å². The molecule has 1 atom stereocenters. The molecule has 1 aliphatic heterocycles. The highest BCUT2D eigenvalue weighted by molar-refractivity contribution is 5.80. The summed E-state index contributed by atoms with van der Waals surface area (Å²) in [6.45, 7) is 5.99. The number of rotatable bonds is 5. The third-order valence-corrected chi connectivity index (χ3v) is 4.21. The smallest absolute Gasteiger partial charge is 0.317 e. The number of carbonyl (C=O) groups is 3. The predicted molar refractivity (Wildman–Crippen MR) is 94.8 cm³/mol. The Morgan fingerprint density at radius 3 is 2.20 bits per heavy atom. The van der Waals surface area contributed by atoms with Gasteiger partial charge in [0.05, 0.1) is 12.5 Å². The minimum Gasteiger partial charge on any atom is -0.349 e. The van der Waals surface area contributed by atoms with E-state index in [1.54, 1.807) is 9.80 Å². The Bertz CT molecular complexity index is 598. The lowest BCUT2D eigenvalue weighted by Gasteiger charge is -2.35. The molecule has 1 fully saturated rings. The summed E-state index contributed by atoms with van der Waals surface area (Å²) in [7, 11) is 0. The fourth-order valence-electron chi connectivity index (χ4n) is 2.91. The van der Waals surface area contributed by atoms with E-state index in [-0.39, 0.29) is 30.3 Å². The molecule has 2 rings (SSSR count). The van der Waals surface area contributed by atoms with Crippen LogP contribution in [0.4, 0.5) is 4.79 Å². The second-order valence-corrected chi connectivity index (χ2v) is 6.07. The maximum absolute atomic E-state index is 12.6. The molecule has 4 amide bonds. The topological polar surface area (TPSA) is 81.8 Å². The first-order valence-electron chi connectivity index (χ1n) is 8.63. The average molecular weight is 346 g/mol. The zero-order chi connectivity index (χ0) is 18.2. The largest absolute Gasteiger partial charge is 0.349 e. The molecule has 0 radical (unpaired) electrons. The standard InChI is InChI=1S/C18H26N4O3/c1-3-19-18(25)22-11-9-21(10-12-22)17(24)13-16(20-14(2)23)15-7-5-4-6-8-15/h4-8,16H,3,9-13H2,1-2H3,(H,19,25)(H,20,23). The van der Waals surface area contributed by atoms with E-state index >= 15 is 0 Å². The molecule has 25 heavy (non-hydrogen) atoms. The summed E-state index contributed by atoms with van der Waals surface area (Å²) >= 11 is 0. The van der Waals surface area contributed by atoms with Gasteiger partial charge in [0.25, 0.3) is 0 Å². The summed E-state index contributed by atoms with van der Waals surface area (Å²) in [5.74, 6) is -0.180. The molecule has 0 bridgehead atoms. The Labute approximate surface area is 148 Å². The number of nitrogens with zero attached hydrogens (tertiary/aromatic N) is 2. The van der Waals surface area contributed by atoms with Crippen molar-refractivity contribution >= 4 is 17.8 Å². The molecule has 1 unspecified atom stereocenters. The van der Waals surface area contributed by atoms with Crippen LogP contribution in [0.5, 0.6) is 0 Å². The number of amides is 4. The van der Waals surface area contributed by atoms with Crippen LogP contribution in [0.1, 0.15) is 31.9 Å². The van der Waals surface area contributed by atoms with Gasteiger partial charge in [-0.25, -0.2) is 4.79 Å². The van der Waals surface area contributed by atoms with Crippen LogP contribution in [0, 0.1) is 0 Å². The van der Waals surface area contributed by atoms with E-state index in [4.69, 9.17) is 0 Å². The number of urea groups is 1. The Morgan fingerprint density at radius 1 is 1.04 bits per heavy atom. The summed E-state index contributed by atoms with van der Waals surface area (Å²) in [5, 5.41) is 5.62. The fourth-order valence-corrected chi connectivity index (χ4v) is 2.91. The third-order valence-electron chi connectivity index (χ3n) is 4.21. The van der Waals surface area contributed by atoms with Crippen LogP contribution in [0.25, 0.3) is 0 Å². The molecular formula is C18H26N4O3. The van der Waals surface area contributed by atoms with Crippen molar-refractivity contribution in [2.75, 3.05) is 32.7 Å². The minimum atomic E-state index is -0.340. The number of benzene rings is 1. The lowest BCUT2D eigenvalue weighted by Crippen LogP contribution is -2.53. The van der Waals surface area contributed by atoms with Gasteiger partial charge in [-0.05, 0) is 12.5 Å². The first-order valence-corrected chi connectivity index (χ1v) is 8.63. The van der Waals surface area contributed by atoms with E-state index in [1.807, 2.05) is 37.3 Å². The van der Waals surface area contributed by atoms with Crippen molar-refractivity contribution in [1.82, 2.24) is 20.4 Å². The Kier molecular flexibility index (Phi) is 6.80. The van der Waals surface area contributed by atoms with Crippen molar-refractivity contribution in [3.63, 3.8) is 0 Å². The molecule has 7 heteroatoms. The predicted octanol–water partition coefficient (Wildman–Crippen LogP) is 1.13. The highest BCUT2D eigenvalue weighted by Crippen LogP contribution is 2.18. The fraction of sp³-hybridized carbons (Fsp3) is 0.500. The first-order chi connectivity index (χ1) is 12.0. The van der Waals surface area contributed by atoms with Crippen LogP contribution < -0.4 is 10.6 Å². The average Bonchev–Trinajstić information content (AvgIpc) is 2.62. The molecule has 2 N–H and O–H groups in total. The summed E-state index contributed by atoms with van der Waals surface area (Å²) < 4.78 is 0. The molecule has 1 saturated heterocycles. The van der Waals surface area contributed by atoms with E-state index in [1.165, 1.54) is 6.92 Å². The van der Waals surface area contributed by atoms with Crippen molar-refractivity contribution in [2.24, 2.45) is 0 Å². The second-order valence-electron chi connectivity index (χ2n) is 6.07. The van der Waals surface area contributed by atoms with E-state index in [2.05, 4.69) is 10.6 Å². The van der Waals surface area contributed by atoms with Gasteiger partial charge in [-0.15, -0.1) is 0 Å². The van der Waals surface area contributed by atoms with Crippen LogP contribution >= 0.6 is 0 Å². The second kappa shape index (κ2) is 9.05. The van der Waals surface area contributed by atoms with E-state index < -0.39 is 0 Å². The van der Waals surface area contributed by atoms with Crippen LogP contribution in [-0.2, 0) is 9.59 Å². The Hall–Kier alpha value is -2.57. The lowest BCUT2D eigenvalue weighted by atomic mass is 10.0. The van der Waals surface area contributed by atoms with Gasteiger partial charge < -0.3 is 20.4 Å². The molecule has 0 aromatic heterocycles. The van der Waals surface area contributed by atoms with Gasteiger partial charge in [-0.1, -0.05) is 30.3 Å². The normalized spacial score (nSPS) is 15.4. The lowest BCUT2D eigenvalue weighted by molar-refractivity contribution is -0.133. The summed E-state index contributed by atoms with van der Waals surface area (Å²) in [6.07, 6.45) is 0.213. The van der Waals surface area contributed by atoms with E-state index in [0.29, 0.717) is 32.7 Å². The highest BCUT2D eigenvalue weighted by Gasteiger charge is 2.26. The van der Waals surface area contributed by atoms with Crippen molar-refractivity contribution in [1.29, 1.82) is 0 Å². The molecule has 1 aliphatic rings. The van der Waals surface area contributed by atoms with Crippen LogP contribution in [0.15, 0.2) is 30.3 Å². The highest BCUT2D eigenvalue weighted by atomic mass is 16.2. The molecule has 7 nitrogen and oxygen atoms in total. The SMILES string of the molecule is CCNC(=O)N1CCN(C(=O)CC(NC(C)=O)c2ccccc2)CC1. The molecule has 0 spiro atoms. The molecule has 0 aliphatic carbocycles. The number of piperazine rings is 1. The van der Waals surface area contributed by atoms with Crippen molar-refractivity contribution in [3.8, 4) is 0 Å². The number of nitrogens with one attached hydrogen (secondary N) is 2. The van der Waals surface area contributed by atoms with Gasteiger partial charge in [0.15, 0.2) is 0 Å². The number of hydrogen-bond donors (Lipinski definition) is 2. The summed E-state index contributed by atoms with van der Waals surface area (Å²) in [4.78, 5) is 39.4. The maximum atomic E-state index is 12.6. The Morgan fingerprint density at radius 2 is 1.64 bits per heavy atom. The molecule has 1 aromatic carbocycles. The Balaban J connectivity index is 1.93. The van der Waals surface area contributed by atoms with Crippen molar-refractivity contribution in [3.05, 3.63) is 35.9 Å². The third kappa shape index (κ3) is 5.48. The van der Waals surface area contributed by atoms with Crippen LogP contribution in [0.2, 0.25) is 0 Å². The summed E-state index contributed by atoms with van der Waals surface area (Å²) in [6, 6.07) is 9.06. The monoisotopic (exact) mass is 346 g/mol. The maximum Gasteiger partial charge on any atom is 0.317 e. The van der Waals surface area contributed by atoms with Gasteiger partial charge in [-0.3, -0.25) is 9.59 Å². The van der Waals surface area contributed by atoms with Crippen molar-refractivity contribution < 1.29 is 14.4 Å². The quantitative estimate of drug-likeness (QED) is 0.838. The van der Waals surface area contributed by atoms with Gasteiger partial charge in [-0.2, -0.15) is 0 Å². The molecule has 1 heterocycles. The summed E-state index contributed by atoms with van der Waals surface area (Å²) in [5.41, 5.74) is 0.909. The van der Waals surface area contributed by atoms with E-state index in [9.17, 15) is 14.4 Å². The van der Waals surface area contributed by atoms with Crippen LogP contribution in [0.3, 0.4) is 0 Å². The zero-order valence-electron chi connectivity index (χ0n) is 14.8. The van der Waals surface area contributed by atoms with Gasteiger partial charge in [0, 0.05) is 39.6 Å². The molecule has 136 valence electrons. The first kappa shape index (κ1) is 18.8. The zero-order valence-corrected chi connectivity index (χ0v) is 14.8. The number of carbonyl (C=O) groups excluding carboxylic acids is 3. The van der Waals surface area contributed by atoms with Gasteiger partial charge in [0.2, 0.25) is 11.8 Å². The molecule has 1 aromatic rings. The van der Waals surface area contributed by atoms with Gasteiger partial charge >= 0.3 is 6.03 Å².